The summed E-state index contributed by atoms with van der Waals surface area (Å²) < 4.78 is 31.9. The fraction of sp³-hybridized carbons (Fsp3) is 0.417. The summed E-state index contributed by atoms with van der Waals surface area (Å²) in [5.74, 6) is -3.43. The first kappa shape index (κ1) is 27.6. The Bertz CT molecular complexity index is 1020. The summed E-state index contributed by atoms with van der Waals surface area (Å²) in [4.78, 5) is 43.9. The van der Waals surface area contributed by atoms with Crippen LogP contribution >= 0.6 is 0 Å². The van der Waals surface area contributed by atoms with Crippen LogP contribution in [0.1, 0.15) is 31.4 Å². The van der Waals surface area contributed by atoms with Gasteiger partial charge in [-0.1, -0.05) is 26.0 Å². The summed E-state index contributed by atoms with van der Waals surface area (Å²) in [6, 6.07) is 4.55. The number of nitrogens with zero attached hydrogens (tertiary/aromatic N) is 2. The Morgan fingerprint density at radius 1 is 1.06 bits per heavy atom. The number of hydrogen-bond acceptors (Lipinski definition) is 7. The molecule has 4 N–H and O–H groups in total. The molecule has 2 atom stereocenters. The largest absolute Gasteiger partial charge is 0.469 e. The van der Waals surface area contributed by atoms with Crippen LogP contribution in [-0.2, 0) is 32.1 Å². The lowest BCUT2D eigenvalue weighted by atomic mass is 10.0. The van der Waals surface area contributed by atoms with Gasteiger partial charge in [-0.3, -0.25) is 19.3 Å². The van der Waals surface area contributed by atoms with Crippen molar-refractivity contribution in [2.45, 2.75) is 45.3 Å². The molecule has 9 nitrogen and oxygen atoms in total. The maximum Gasteiger partial charge on any atom is 0.307 e. The number of carbonyl (C=O) groups is 3. The van der Waals surface area contributed by atoms with E-state index in [1.165, 1.54) is 19.4 Å². The predicted molar refractivity (Wildman–Crippen MR) is 126 cm³/mol. The molecule has 0 fully saturated rings. The summed E-state index contributed by atoms with van der Waals surface area (Å²) in [5, 5.41) is 5.38. The van der Waals surface area contributed by atoms with Gasteiger partial charge in [0.15, 0.2) is 11.6 Å². The fourth-order valence-electron chi connectivity index (χ4n) is 3.53. The van der Waals surface area contributed by atoms with E-state index in [9.17, 15) is 23.2 Å². The van der Waals surface area contributed by atoms with Gasteiger partial charge >= 0.3 is 5.97 Å². The number of benzene rings is 1. The molecule has 2 rings (SSSR count). The molecular weight excluding hydrogens is 460 g/mol. The van der Waals surface area contributed by atoms with Crippen LogP contribution in [0.5, 0.6) is 0 Å². The third-order valence-electron chi connectivity index (χ3n) is 5.51. The van der Waals surface area contributed by atoms with Crippen LogP contribution in [0.15, 0.2) is 36.5 Å². The van der Waals surface area contributed by atoms with Crippen LogP contribution < -0.4 is 16.4 Å². The van der Waals surface area contributed by atoms with E-state index in [0.29, 0.717) is 30.0 Å². The Morgan fingerprint density at radius 2 is 1.74 bits per heavy atom. The van der Waals surface area contributed by atoms with E-state index < -0.39 is 41.5 Å². The van der Waals surface area contributed by atoms with Crippen molar-refractivity contribution in [2.24, 2.45) is 0 Å². The number of aromatic nitrogens is 1. The van der Waals surface area contributed by atoms with Crippen LogP contribution in [0, 0.1) is 11.6 Å². The van der Waals surface area contributed by atoms with Crippen LogP contribution in [-0.4, -0.2) is 60.0 Å². The number of nitrogens with two attached hydrogens (primary N) is 1. The fourth-order valence-corrected chi connectivity index (χ4v) is 3.53. The molecule has 0 aliphatic carbocycles. The van der Waals surface area contributed by atoms with Gasteiger partial charge in [0.1, 0.15) is 11.9 Å². The summed E-state index contributed by atoms with van der Waals surface area (Å²) in [6.45, 7) is 4.75. The molecule has 0 unspecified atom stereocenters. The monoisotopic (exact) mass is 491 g/mol. The number of likely N-dealkylation sites (N-methyl/N-ethyl adjacent to an activating group) is 1. The van der Waals surface area contributed by atoms with Gasteiger partial charge in [-0.15, -0.1) is 0 Å². The molecule has 0 saturated carbocycles. The zero-order valence-electron chi connectivity index (χ0n) is 20.0. The number of halogens is 2. The van der Waals surface area contributed by atoms with Gasteiger partial charge in [0, 0.05) is 19.2 Å². The van der Waals surface area contributed by atoms with Crippen molar-refractivity contribution in [3.8, 4) is 0 Å². The number of pyridine rings is 1. The second-order valence-corrected chi connectivity index (χ2v) is 7.84. The van der Waals surface area contributed by atoms with Crippen molar-refractivity contribution >= 4 is 23.6 Å². The highest BCUT2D eigenvalue weighted by molar-refractivity contribution is 5.91. The van der Waals surface area contributed by atoms with Crippen molar-refractivity contribution in [1.29, 1.82) is 0 Å². The Morgan fingerprint density at radius 3 is 2.31 bits per heavy atom. The van der Waals surface area contributed by atoms with Gasteiger partial charge in [-0.05, 0) is 42.4 Å². The molecule has 190 valence electrons. The second kappa shape index (κ2) is 13.3. The van der Waals surface area contributed by atoms with Gasteiger partial charge in [-0.2, -0.15) is 0 Å². The number of esters is 1. The minimum atomic E-state index is -1.12. The molecule has 0 saturated heterocycles. The number of anilines is 1. The molecule has 0 spiro atoms. The zero-order chi connectivity index (χ0) is 26.0. The minimum Gasteiger partial charge on any atom is -0.469 e. The first-order valence-corrected chi connectivity index (χ1v) is 11.2. The first-order chi connectivity index (χ1) is 16.7. The van der Waals surface area contributed by atoms with Gasteiger partial charge in [0.25, 0.3) is 0 Å². The molecule has 2 aromatic rings. The number of rotatable bonds is 12. The Balaban J connectivity index is 2.24. The molecule has 1 aromatic heterocycles. The molecule has 0 aliphatic heterocycles. The average molecular weight is 492 g/mol. The molecular formula is C24H31F2N5O4. The predicted octanol–water partition coefficient (Wildman–Crippen LogP) is 1.56. The normalized spacial score (nSPS) is 12.6. The van der Waals surface area contributed by atoms with E-state index in [1.54, 1.807) is 17.0 Å². The van der Waals surface area contributed by atoms with Crippen molar-refractivity contribution in [3.05, 3.63) is 59.3 Å². The van der Waals surface area contributed by atoms with Gasteiger partial charge in [-0.25, -0.2) is 13.8 Å². The zero-order valence-corrected chi connectivity index (χ0v) is 20.0. The minimum absolute atomic E-state index is 0.0993. The Kier molecular flexibility index (Phi) is 10.5. The smallest absolute Gasteiger partial charge is 0.307 e. The maximum absolute atomic E-state index is 13.8. The van der Waals surface area contributed by atoms with Crippen LogP contribution in [0.2, 0.25) is 0 Å². The number of nitrogens with one attached hydrogen (secondary N) is 2. The van der Waals surface area contributed by atoms with E-state index in [-0.39, 0.29) is 19.4 Å². The average Bonchev–Trinajstić information content (AvgIpc) is 2.85. The third-order valence-corrected chi connectivity index (χ3v) is 5.51. The summed E-state index contributed by atoms with van der Waals surface area (Å²) in [6.07, 6.45) is 1.20. The molecule has 0 aliphatic rings. The number of nitrogen functional groups attached to an aromatic ring is 1. The van der Waals surface area contributed by atoms with E-state index >= 15 is 0 Å². The lowest BCUT2D eigenvalue weighted by molar-refractivity contribution is -0.145. The Labute approximate surface area is 203 Å². The van der Waals surface area contributed by atoms with E-state index in [4.69, 9.17) is 10.5 Å². The molecule has 2 amide bonds. The lowest BCUT2D eigenvalue weighted by Crippen LogP contribution is -2.55. The van der Waals surface area contributed by atoms with Crippen LogP contribution in [0.3, 0.4) is 0 Å². The van der Waals surface area contributed by atoms with Gasteiger partial charge in [0.05, 0.1) is 19.6 Å². The molecule has 1 heterocycles. The van der Waals surface area contributed by atoms with Crippen molar-refractivity contribution in [3.63, 3.8) is 0 Å². The Hall–Kier alpha value is -3.60. The van der Waals surface area contributed by atoms with Gasteiger partial charge in [0.2, 0.25) is 11.8 Å². The summed E-state index contributed by atoms with van der Waals surface area (Å²) in [5.41, 5.74) is 6.56. The maximum atomic E-state index is 13.8. The number of hydrogen-bond donors (Lipinski definition) is 3. The van der Waals surface area contributed by atoms with Gasteiger partial charge < -0.3 is 21.1 Å². The van der Waals surface area contributed by atoms with Crippen LogP contribution in [0.25, 0.3) is 0 Å². The highest BCUT2D eigenvalue weighted by atomic mass is 19.2. The third kappa shape index (κ3) is 8.29. The molecule has 0 bridgehead atoms. The van der Waals surface area contributed by atoms with E-state index in [2.05, 4.69) is 15.6 Å². The number of amides is 2. The van der Waals surface area contributed by atoms with E-state index in [1.807, 2.05) is 13.8 Å². The molecule has 1 aromatic carbocycles. The van der Waals surface area contributed by atoms with Crippen molar-refractivity contribution in [2.75, 3.05) is 25.9 Å². The number of carbonyl (C=O) groups excluding carboxylic acids is 3. The summed E-state index contributed by atoms with van der Waals surface area (Å²) >= 11 is 0. The molecule has 0 radical (unpaired) electrons. The van der Waals surface area contributed by atoms with E-state index in [0.717, 1.165) is 12.1 Å². The topological polar surface area (TPSA) is 127 Å². The number of methoxy groups -OCH3 is 1. The number of ether oxygens (including phenoxy) is 1. The first-order valence-electron chi connectivity index (χ1n) is 11.2. The molecule has 35 heavy (non-hydrogen) atoms. The SMILES string of the molecule is CCN(CC)[C@@H](CC(=O)OC)C(=O)N[C@@H](Cc1ccc(F)c(F)c1)C(=O)NCc1ccc(N)nc1. The standard InChI is InChI=1S/C24H31F2N5O4/c1-4-31(5-2)20(12-22(32)35-3)24(34)30-19(11-15-6-8-17(25)18(26)10-15)23(33)29-14-16-7-9-21(27)28-13-16/h6-10,13,19-20H,4-5,11-12,14H2,1-3H3,(H2,27,28)(H,29,33)(H,30,34)/t19-,20-/m0/s1. The quantitative estimate of drug-likeness (QED) is 0.385. The lowest BCUT2D eigenvalue weighted by Gasteiger charge is -2.29. The summed E-state index contributed by atoms with van der Waals surface area (Å²) in [7, 11) is 1.23. The highest BCUT2D eigenvalue weighted by Gasteiger charge is 2.31. The van der Waals surface area contributed by atoms with Crippen molar-refractivity contribution < 1.29 is 27.9 Å². The molecule has 11 heteroatoms. The van der Waals surface area contributed by atoms with Crippen LogP contribution in [0.4, 0.5) is 14.6 Å². The second-order valence-electron chi connectivity index (χ2n) is 7.84. The van der Waals surface area contributed by atoms with Crippen molar-refractivity contribution in [1.82, 2.24) is 20.5 Å². The highest BCUT2D eigenvalue weighted by Crippen LogP contribution is 2.13.